The Bertz CT molecular complexity index is 509. The number of nitrogens with one attached hydrogen (secondary N) is 1. The van der Waals surface area contributed by atoms with Crippen LogP contribution in [0.25, 0.3) is 0 Å². The summed E-state index contributed by atoms with van der Waals surface area (Å²) in [5.41, 5.74) is 0.368. The van der Waals surface area contributed by atoms with Gasteiger partial charge >= 0.3 is 0 Å². The summed E-state index contributed by atoms with van der Waals surface area (Å²) in [7, 11) is -3.38. The molecular weight excluding hydrogens is 278 g/mol. The second-order valence-corrected chi connectivity index (χ2v) is 7.14. The number of ether oxygens (including phenoxy) is 1. The Morgan fingerprint density at radius 1 is 1.20 bits per heavy atom. The van der Waals surface area contributed by atoms with Crippen LogP contribution in [0.1, 0.15) is 18.4 Å². The summed E-state index contributed by atoms with van der Waals surface area (Å²) < 4.78 is 32.0. The molecule has 0 aliphatic carbocycles. The molecule has 2 rings (SSSR count). The molecule has 112 valence electrons. The van der Waals surface area contributed by atoms with Gasteiger partial charge in [-0.05, 0) is 18.4 Å². The zero-order valence-electron chi connectivity index (χ0n) is 11.4. The molecule has 0 bridgehead atoms. The molecule has 1 saturated heterocycles. The second kappa shape index (κ2) is 6.67. The van der Waals surface area contributed by atoms with Crippen molar-refractivity contribution < 1.29 is 18.3 Å². The fourth-order valence-electron chi connectivity index (χ4n) is 2.30. The zero-order valence-corrected chi connectivity index (χ0v) is 12.2. The van der Waals surface area contributed by atoms with Gasteiger partial charge in [-0.15, -0.1) is 0 Å². The van der Waals surface area contributed by atoms with Crippen molar-refractivity contribution in [3.63, 3.8) is 0 Å². The van der Waals surface area contributed by atoms with E-state index in [9.17, 15) is 13.5 Å². The largest absolute Gasteiger partial charge is 0.396 e. The average Bonchev–Trinajstić information content (AvgIpc) is 2.47. The Kier molecular flexibility index (Phi) is 5.15. The first-order valence-corrected chi connectivity index (χ1v) is 8.40. The van der Waals surface area contributed by atoms with Crippen molar-refractivity contribution in [2.45, 2.75) is 18.6 Å². The van der Waals surface area contributed by atoms with Crippen molar-refractivity contribution in [1.82, 2.24) is 4.72 Å². The van der Waals surface area contributed by atoms with Crippen LogP contribution < -0.4 is 4.72 Å². The summed E-state index contributed by atoms with van der Waals surface area (Å²) in [6, 6.07) is 9.06. The molecule has 0 unspecified atom stereocenters. The molecule has 1 aliphatic heterocycles. The monoisotopic (exact) mass is 299 g/mol. The highest BCUT2D eigenvalue weighted by Crippen LogP contribution is 2.29. The third-order valence-corrected chi connectivity index (χ3v) is 5.05. The first-order chi connectivity index (χ1) is 9.55. The topological polar surface area (TPSA) is 75.6 Å². The minimum absolute atomic E-state index is 0.0236. The molecule has 20 heavy (non-hydrogen) atoms. The van der Waals surface area contributed by atoms with E-state index in [2.05, 4.69) is 4.72 Å². The van der Waals surface area contributed by atoms with Crippen molar-refractivity contribution in [3.05, 3.63) is 35.9 Å². The lowest BCUT2D eigenvalue weighted by Crippen LogP contribution is -2.43. The molecule has 5 nitrogen and oxygen atoms in total. The Hall–Kier alpha value is -0.950. The van der Waals surface area contributed by atoms with Gasteiger partial charge in [-0.1, -0.05) is 30.3 Å². The summed E-state index contributed by atoms with van der Waals surface area (Å²) in [6.45, 7) is 1.38. The van der Waals surface area contributed by atoms with Crippen molar-refractivity contribution in [2.75, 3.05) is 26.4 Å². The van der Waals surface area contributed by atoms with E-state index in [1.807, 2.05) is 18.2 Å². The van der Waals surface area contributed by atoms with E-state index in [4.69, 9.17) is 4.74 Å². The van der Waals surface area contributed by atoms with Crippen LogP contribution in [-0.2, 0) is 20.5 Å². The first kappa shape index (κ1) is 15.4. The van der Waals surface area contributed by atoms with Gasteiger partial charge in [-0.3, -0.25) is 0 Å². The van der Waals surface area contributed by atoms with Gasteiger partial charge in [-0.2, -0.15) is 0 Å². The Morgan fingerprint density at radius 3 is 2.45 bits per heavy atom. The van der Waals surface area contributed by atoms with E-state index in [0.717, 1.165) is 5.56 Å². The minimum atomic E-state index is -3.38. The molecule has 0 saturated carbocycles. The van der Waals surface area contributed by atoms with E-state index >= 15 is 0 Å². The fraction of sp³-hybridized carbons (Fsp3) is 0.571. The normalized spacial score (nSPS) is 18.9. The molecule has 0 amide bonds. The highest BCUT2D eigenvalue weighted by atomic mass is 32.2. The van der Waals surface area contributed by atoms with E-state index in [0.29, 0.717) is 26.1 Å². The quantitative estimate of drug-likeness (QED) is 0.818. The molecule has 0 spiro atoms. The van der Waals surface area contributed by atoms with Gasteiger partial charge in [0.2, 0.25) is 10.0 Å². The van der Waals surface area contributed by atoms with Gasteiger partial charge in [0, 0.05) is 25.2 Å². The van der Waals surface area contributed by atoms with Crippen molar-refractivity contribution in [2.24, 2.45) is 5.41 Å². The summed E-state index contributed by atoms with van der Waals surface area (Å²) in [5.74, 6) is -0.0359. The molecule has 2 N–H and O–H groups in total. The third kappa shape index (κ3) is 4.28. The summed E-state index contributed by atoms with van der Waals surface area (Å²) in [4.78, 5) is 0. The molecule has 1 fully saturated rings. The molecule has 1 aliphatic rings. The number of hydrogen-bond donors (Lipinski definition) is 2. The van der Waals surface area contributed by atoms with Crippen LogP contribution in [0.3, 0.4) is 0 Å². The predicted molar refractivity (Wildman–Crippen MR) is 76.6 cm³/mol. The number of sulfonamides is 1. The molecule has 6 heteroatoms. The van der Waals surface area contributed by atoms with Gasteiger partial charge in [0.05, 0.1) is 12.4 Å². The molecule has 1 aromatic rings. The van der Waals surface area contributed by atoms with Crippen molar-refractivity contribution in [3.8, 4) is 0 Å². The van der Waals surface area contributed by atoms with E-state index in [-0.39, 0.29) is 24.3 Å². The van der Waals surface area contributed by atoms with Crippen LogP contribution in [0.15, 0.2) is 30.3 Å². The first-order valence-electron chi connectivity index (χ1n) is 6.75. The van der Waals surface area contributed by atoms with Crippen LogP contribution in [0.2, 0.25) is 0 Å². The summed E-state index contributed by atoms with van der Waals surface area (Å²) in [6.07, 6.45) is 1.36. The number of aliphatic hydroxyl groups is 1. The van der Waals surface area contributed by atoms with Crippen LogP contribution in [0.5, 0.6) is 0 Å². The fourth-order valence-corrected chi connectivity index (χ4v) is 3.56. The lowest BCUT2D eigenvalue weighted by atomic mass is 9.81. The summed E-state index contributed by atoms with van der Waals surface area (Å²) >= 11 is 0. The maximum absolute atomic E-state index is 12.1. The maximum Gasteiger partial charge on any atom is 0.215 e. The SMILES string of the molecule is O=S(=O)(Cc1ccccc1)NCC1(CO)CCOCC1. The van der Waals surface area contributed by atoms with Crippen molar-refractivity contribution >= 4 is 10.0 Å². The average molecular weight is 299 g/mol. The molecule has 1 heterocycles. The van der Waals surface area contributed by atoms with Gasteiger partial charge in [0.25, 0.3) is 0 Å². The Morgan fingerprint density at radius 2 is 1.85 bits per heavy atom. The van der Waals surface area contributed by atoms with Crippen LogP contribution >= 0.6 is 0 Å². The smallest absolute Gasteiger partial charge is 0.215 e. The van der Waals surface area contributed by atoms with E-state index in [1.165, 1.54) is 0 Å². The molecule has 1 aromatic carbocycles. The van der Waals surface area contributed by atoms with Crippen LogP contribution in [0.4, 0.5) is 0 Å². The number of rotatable bonds is 6. The maximum atomic E-state index is 12.1. The Labute approximate surface area is 120 Å². The van der Waals surface area contributed by atoms with E-state index in [1.54, 1.807) is 12.1 Å². The lowest BCUT2D eigenvalue weighted by Gasteiger charge is -2.35. The molecule has 0 atom stereocenters. The van der Waals surface area contributed by atoms with Crippen LogP contribution in [0, 0.1) is 5.41 Å². The number of aliphatic hydroxyl groups excluding tert-OH is 1. The lowest BCUT2D eigenvalue weighted by molar-refractivity contribution is -0.0126. The van der Waals surface area contributed by atoms with Gasteiger partial charge in [-0.25, -0.2) is 13.1 Å². The van der Waals surface area contributed by atoms with Crippen molar-refractivity contribution in [1.29, 1.82) is 0 Å². The summed E-state index contributed by atoms with van der Waals surface area (Å²) in [5, 5.41) is 9.54. The molecular formula is C14H21NO4S. The second-order valence-electron chi connectivity index (χ2n) is 5.34. The molecule has 0 aromatic heterocycles. The zero-order chi connectivity index (χ0) is 14.5. The Balaban J connectivity index is 1.94. The number of hydrogen-bond acceptors (Lipinski definition) is 4. The van der Waals surface area contributed by atoms with Gasteiger partial charge in [0.1, 0.15) is 0 Å². The predicted octanol–water partition coefficient (Wildman–Crippen LogP) is 0.895. The highest BCUT2D eigenvalue weighted by Gasteiger charge is 2.33. The van der Waals surface area contributed by atoms with Gasteiger partial charge < -0.3 is 9.84 Å². The van der Waals surface area contributed by atoms with Gasteiger partial charge in [0.15, 0.2) is 0 Å². The number of benzene rings is 1. The minimum Gasteiger partial charge on any atom is -0.396 e. The van der Waals surface area contributed by atoms with Crippen LogP contribution in [-0.4, -0.2) is 39.9 Å². The third-order valence-electron chi connectivity index (χ3n) is 3.76. The standard InChI is InChI=1S/C14H21NO4S/c16-12-14(6-8-19-9-7-14)11-15-20(17,18)10-13-4-2-1-3-5-13/h1-5,15-16H,6-12H2. The van der Waals surface area contributed by atoms with E-state index < -0.39 is 10.0 Å². The molecule has 0 radical (unpaired) electrons. The highest BCUT2D eigenvalue weighted by molar-refractivity contribution is 7.88.